The van der Waals surface area contributed by atoms with Crippen LogP contribution in [0.3, 0.4) is 0 Å². The van der Waals surface area contributed by atoms with Gasteiger partial charge in [-0.1, -0.05) is 321 Å². The van der Waals surface area contributed by atoms with Crippen LogP contribution in [0.25, 0.3) is 0 Å². The van der Waals surface area contributed by atoms with Gasteiger partial charge in [0.2, 0.25) is 0 Å². The Hall–Kier alpha value is -1.25. The van der Waals surface area contributed by atoms with E-state index in [1.54, 1.807) is 0 Å². The van der Waals surface area contributed by atoms with Crippen molar-refractivity contribution in [2.45, 2.75) is 367 Å². The van der Waals surface area contributed by atoms with Gasteiger partial charge in [0.25, 0.3) is 0 Å². The summed E-state index contributed by atoms with van der Waals surface area (Å²) in [5, 5.41) is 0. The second kappa shape index (κ2) is 62.0. The van der Waals surface area contributed by atoms with E-state index in [4.69, 9.17) is 24.3 Å². The number of hydrogen-bond acceptors (Lipinski definition) is 8. The fourth-order valence-electron chi connectivity index (χ4n) is 10.2. The Labute approximate surface area is 466 Å². The molecule has 0 aromatic carbocycles. The maximum Gasteiger partial charge on any atom is 0.472 e. The lowest BCUT2D eigenvalue weighted by molar-refractivity contribution is -0.161. The van der Waals surface area contributed by atoms with Crippen molar-refractivity contribution < 1.29 is 37.6 Å². The summed E-state index contributed by atoms with van der Waals surface area (Å²) in [5.74, 6) is -0.802. The van der Waals surface area contributed by atoms with Gasteiger partial charge in [0, 0.05) is 19.4 Å². The predicted octanol–water partition coefficient (Wildman–Crippen LogP) is 21.2. The van der Waals surface area contributed by atoms with E-state index in [0.717, 1.165) is 32.1 Å². The molecule has 0 aromatic heterocycles. The van der Waals surface area contributed by atoms with E-state index in [9.17, 15) is 19.0 Å². The molecule has 0 amide bonds. The third-order valence-corrected chi connectivity index (χ3v) is 16.1. The summed E-state index contributed by atoms with van der Waals surface area (Å²) in [4.78, 5) is 35.3. The van der Waals surface area contributed by atoms with Crippen molar-refractivity contribution in [1.82, 2.24) is 0 Å². The quantitative estimate of drug-likeness (QED) is 0.0264. The highest BCUT2D eigenvalue weighted by Crippen LogP contribution is 2.43. The molecule has 9 nitrogen and oxygen atoms in total. The standard InChI is InChI=1S/C65H128NO8P/c1-3-5-7-9-11-13-15-17-19-21-23-25-27-29-31-33-35-37-39-41-43-45-47-49-51-53-55-57-64(67)71-61-63(62-73-75(69,70)72-60-59-66)74-65(68)58-56-54-52-50-48-46-44-42-40-38-36-34-32-30-28-26-24-22-20-18-16-14-12-10-8-6-4-2/h22,24,63H,3-21,23,25-62,66H2,1-2H3,(H,69,70)/b24-22-. The second-order valence-corrected chi connectivity index (χ2v) is 24.2. The minimum absolute atomic E-state index is 0.0575. The number of rotatable bonds is 64. The Balaban J connectivity index is 3.84. The van der Waals surface area contributed by atoms with Crippen LogP contribution in [0.4, 0.5) is 0 Å². The number of nitrogens with two attached hydrogens (primary N) is 1. The average Bonchev–Trinajstić information content (AvgIpc) is 3.40. The van der Waals surface area contributed by atoms with Crippen LogP contribution in [0.5, 0.6) is 0 Å². The molecule has 3 N–H and O–H groups in total. The van der Waals surface area contributed by atoms with Crippen LogP contribution >= 0.6 is 7.82 Å². The number of unbranched alkanes of at least 4 members (excludes halogenated alkanes) is 49. The van der Waals surface area contributed by atoms with Gasteiger partial charge < -0.3 is 20.1 Å². The highest BCUT2D eigenvalue weighted by Gasteiger charge is 2.26. The highest BCUT2D eigenvalue weighted by atomic mass is 31.2. The van der Waals surface area contributed by atoms with Gasteiger partial charge >= 0.3 is 19.8 Å². The molecule has 0 fully saturated rings. The first-order chi connectivity index (χ1) is 36.8. The third-order valence-electron chi connectivity index (χ3n) is 15.2. The number of esters is 2. The molecule has 75 heavy (non-hydrogen) atoms. The van der Waals surface area contributed by atoms with E-state index in [0.29, 0.717) is 6.42 Å². The van der Waals surface area contributed by atoms with Crippen LogP contribution in [0.2, 0.25) is 0 Å². The summed E-state index contributed by atoms with van der Waals surface area (Å²) in [7, 11) is -4.39. The van der Waals surface area contributed by atoms with Gasteiger partial charge in [-0.3, -0.25) is 18.6 Å². The number of allylic oxidation sites excluding steroid dienone is 2. The Morgan fingerprint density at radius 3 is 0.947 bits per heavy atom. The zero-order chi connectivity index (χ0) is 54.5. The lowest BCUT2D eigenvalue weighted by Crippen LogP contribution is -2.29. The Bertz CT molecular complexity index is 1230. The van der Waals surface area contributed by atoms with Crippen molar-refractivity contribution in [3.8, 4) is 0 Å². The van der Waals surface area contributed by atoms with E-state index in [2.05, 4.69) is 26.0 Å². The zero-order valence-electron chi connectivity index (χ0n) is 50.1. The molecular weight excluding hydrogens is 954 g/mol. The van der Waals surface area contributed by atoms with Crippen LogP contribution in [0.15, 0.2) is 12.2 Å². The van der Waals surface area contributed by atoms with Crippen molar-refractivity contribution in [3.05, 3.63) is 12.2 Å². The molecule has 0 saturated heterocycles. The first-order valence-electron chi connectivity index (χ1n) is 33.2. The summed E-state index contributed by atoms with van der Waals surface area (Å²) < 4.78 is 33.2. The van der Waals surface area contributed by atoms with Gasteiger partial charge in [0.15, 0.2) is 6.10 Å². The Kier molecular flexibility index (Phi) is 60.9. The van der Waals surface area contributed by atoms with Crippen molar-refractivity contribution in [3.63, 3.8) is 0 Å². The van der Waals surface area contributed by atoms with E-state index in [1.807, 2.05) is 0 Å². The predicted molar refractivity (Wildman–Crippen MR) is 321 cm³/mol. The molecule has 0 saturated carbocycles. The van der Waals surface area contributed by atoms with E-state index < -0.39 is 26.5 Å². The van der Waals surface area contributed by atoms with Gasteiger partial charge in [-0.05, 0) is 38.5 Å². The minimum Gasteiger partial charge on any atom is -0.462 e. The van der Waals surface area contributed by atoms with Crippen molar-refractivity contribution >= 4 is 19.8 Å². The summed E-state index contributed by atoms with van der Waals surface area (Å²) in [6.45, 7) is 3.83. The molecule has 0 aromatic rings. The summed E-state index contributed by atoms with van der Waals surface area (Å²) >= 11 is 0. The molecule has 0 bridgehead atoms. The van der Waals surface area contributed by atoms with Crippen molar-refractivity contribution in [1.29, 1.82) is 0 Å². The molecule has 10 heteroatoms. The van der Waals surface area contributed by atoms with Gasteiger partial charge in [-0.25, -0.2) is 4.57 Å². The Morgan fingerprint density at radius 2 is 0.653 bits per heavy atom. The van der Waals surface area contributed by atoms with Gasteiger partial charge in [0.1, 0.15) is 6.61 Å². The number of hydrogen-bond donors (Lipinski definition) is 2. The lowest BCUT2D eigenvalue weighted by atomic mass is 10.0. The van der Waals surface area contributed by atoms with Crippen LogP contribution in [0.1, 0.15) is 361 Å². The summed E-state index contributed by atoms with van der Waals surface area (Å²) in [5.41, 5.74) is 5.40. The lowest BCUT2D eigenvalue weighted by Gasteiger charge is -2.19. The van der Waals surface area contributed by atoms with Crippen LogP contribution in [-0.2, 0) is 32.7 Å². The molecule has 0 aliphatic carbocycles. The number of phosphoric ester groups is 1. The van der Waals surface area contributed by atoms with E-state index in [-0.39, 0.29) is 38.6 Å². The first-order valence-corrected chi connectivity index (χ1v) is 34.7. The monoisotopic (exact) mass is 1080 g/mol. The fourth-order valence-corrected chi connectivity index (χ4v) is 11.0. The van der Waals surface area contributed by atoms with Crippen LogP contribution in [0, 0.1) is 0 Å². The van der Waals surface area contributed by atoms with Gasteiger partial charge in [0.05, 0.1) is 13.2 Å². The normalized spacial score (nSPS) is 13.0. The number of carbonyl (C=O) groups excluding carboxylic acids is 2. The van der Waals surface area contributed by atoms with Crippen LogP contribution in [-0.4, -0.2) is 49.3 Å². The molecule has 0 aliphatic rings. The summed E-state index contributed by atoms with van der Waals surface area (Å²) in [6, 6.07) is 0. The average molecular weight is 1080 g/mol. The number of carbonyl (C=O) groups is 2. The van der Waals surface area contributed by atoms with Gasteiger partial charge in [-0.2, -0.15) is 0 Å². The molecule has 446 valence electrons. The van der Waals surface area contributed by atoms with E-state index >= 15 is 0 Å². The molecule has 0 radical (unpaired) electrons. The highest BCUT2D eigenvalue weighted by molar-refractivity contribution is 7.47. The maximum atomic E-state index is 12.7. The van der Waals surface area contributed by atoms with Crippen molar-refractivity contribution in [2.24, 2.45) is 5.73 Å². The Morgan fingerprint density at radius 1 is 0.387 bits per heavy atom. The summed E-state index contributed by atoms with van der Waals surface area (Å²) in [6.07, 6.45) is 73.0. The minimum atomic E-state index is -4.39. The smallest absolute Gasteiger partial charge is 0.462 e. The topological polar surface area (TPSA) is 134 Å². The van der Waals surface area contributed by atoms with Gasteiger partial charge in [-0.15, -0.1) is 0 Å². The molecule has 2 unspecified atom stereocenters. The molecule has 0 rings (SSSR count). The number of phosphoric acid groups is 1. The molecule has 0 heterocycles. The van der Waals surface area contributed by atoms with E-state index in [1.165, 1.54) is 295 Å². The molecule has 0 spiro atoms. The molecular formula is C65H128NO8P. The first kappa shape index (κ1) is 73.8. The number of ether oxygens (including phenoxy) is 2. The maximum absolute atomic E-state index is 12.7. The third kappa shape index (κ3) is 61.8. The zero-order valence-corrected chi connectivity index (χ0v) is 51.0. The second-order valence-electron chi connectivity index (χ2n) is 22.7. The molecule has 2 atom stereocenters. The SMILES string of the molecule is CCCCCCCCCC/C=C\CCCCCCCCCCCCCCCCCC(=O)OC(COC(=O)CCCCCCCCCCCCCCCCCCCCCCCCCCCCC)COP(=O)(O)OCCN. The molecule has 0 aliphatic heterocycles. The van der Waals surface area contributed by atoms with Crippen molar-refractivity contribution in [2.75, 3.05) is 26.4 Å². The fraction of sp³-hybridized carbons (Fsp3) is 0.938. The largest absolute Gasteiger partial charge is 0.472 e. The van der Waals surface area contributed by atoms with Crippen LogP contribution < -0.4 is 5.73 Å².